The molecule has 0 aromatic rings. The standard InChI is InChI=1S/C25H37FN2O4S.C2H6.C2H4/c1-8-10-24(9-2)33(29,30)18-23(17-20(4)28-13-15-32-16-14-28)27-22(6)19(3)11-12-25(31-7)21(5)26;2*1-2/h8-12,17,22H,3,13-16,18H2,1-2,4-7H3;1-2H3;1-2H2/b10-8-,12-11-,20-17+,24-9+,25-21-,27-23?;;. The number of methoxy groups -OCH3 is 1. The highest BCUT2D eigenvalue weighted by molar-refractivity contribution is 7.96. The number of allylic oxidation sites excluding steroid dienone is 7. The maximum Gasteiger partial charge on any atom is 0.183 e. The van der Waals surface area contributed by atoms with E-state index in [2.05, 4.69) is 29.6 Å². The first kappa shape index (κ1) is 36.4. The molecule has 8 heteroatoms. The smallest absolute Gasteiger partial charge is 0.183 e. The van der Waals surface area contributed by atoms with Crippen LogP contribution in [-0.2, 0) is 19.3 Å². The minimum absolute atomic E-state index is 0.0993. The molecule has 0 aromatic carbocycles. The van der Waals surface area contributed by atoms with Gasteiger partial charge in [0.25, 0.3) is 0 Å². The fourth-order valence-electron chi connectivity index (χ4n) is 3.16. The predicted octanol–water partition coefficient (Wildman–Crippen LogP) is 6.73. The van der Waals surface area contributed by atoms with E-state index in [1.165, 1.54) is 20.1 Å². The summed E-state index contributed by atoms with van der Waals surface area (Å²) in [5.41, 5.74) is 1.94. The van der Waals surface area contributed by atoms with Crippen molar-refractivity contribution in [2.45, 2.75) is 54.5 Å². The van der Waals surface area contributed by atoms with Crippen molar-refractivity contribution in [3.63, 3.8) is 0 Å². The van der Waals surface area contributed by atoms with Gasteiger partial charge in [-0.15, -0.1) is 13.2 Å². The molecule has 0 N–H and O–H groups in total. The van der Waals surface area contributed by atoms with Crippen molar-refractivity contribution < 1.29 is 22.3 Å². The van der Waals surface area contributed by atoms with Gasteiger partial charge >= 0.3 is 0 Å². The maximum absolute atomic E-state index is 13.5. The van der Waals surface area contributed by atoms with E-state index < -0.39 is 21.7 Å². The Balaban J connectivity index is 0. The molecule has 1 aliphatic heterocycles. The van der Waals surface area contributed by atoms with Crippen LogP contribution >= 0.6 is 0 Å². The lowest BCUT2D eigenvalue weighted by atomic mass is 10.1. The highest BCUT2D eigenvalue weighted by Gasteiger charge is 2.20. The van der Waals surface area contributed by atoms with E-state index in [1.54, 1.807) is 38.2 Å². The molecular formula is C29H47FN2O4S. The Morgan fingerprint density at radius 3 is 2.16 bits per heavy atom. The maximum atomic E-state index is 13.5. The van der Waals surface area contributed by atoms with E-state index in [-0.39, 0.29) is 16.4 Å². The van der Waals surface area contributed by atoms with E-state index in [0.717, 1.165) is 18.8 Å². The van der Waals surface area contributed by atoms with Crippen molar-refractivity contribution >= 4 is 15.5 Å². The van der Waals surface area contributed by atoms with Crippen LogP contribution in [0.25, 0.3) is 0 Å². The molecule has 0 spiro atoms. The van der Waals surface area contributed by atoms with Crippen LogP contribution < -0.4 is 0 Å². The summed E-state index contributed by atoms with van der Waals surface area (Å²) in [4.78, 5) is 7.06. The van der Waals surface area contributed by atoms with Crippen LogP contribution in [0.3, 0.4) is 0 Å². The first-order chi connectivity index (χ1) is 17.5. The fourth-order valence-corrected chi connectivity index (χ4v) is 4.58. The molecule has 0 aromatic heterocycles. The van der Waals surface area contributed by atoms with E-state index in [0.29, 0.717) is 24.5 Å². The Morgan fingerprint density at radius 2 is 1.70 bits per heavy atom. The number of halogens is 1. The first-order valence-corrected chi connectivity index (χ1v) is 14.1. The highest BCUT2D eigenvalue weighted by atomic mass is 32.2. The van der Waals surface area contributed by atoms with E-state index >= 15 is 0 Å². The zero-order valence-corrected chi connectivity index (χ0v) is 24.8. The lowest BCUT2D eigenvalue weighted by Gasteiger charge is -2.29. The van der Waals surface area contributed by atoms with Crippen molar-refractivity contribution in [1.29, 1.82) is 0 Å². The van der Waals surface area contributed by atoms with Gasteiger partial charge in [-0.25, -0.2) is 12.8 Å². The Bertz CT molecular complexity index is 979. The van der Waals surface area contributed by atoms with Crippen molar-refractivity contribution in [3.05, 3.63) is 84.0 Å². The zero-order chi connectivity index (χ0) is 29.0. The molecule has 6 nitrogen and oxygen atoms in total. The number of sulfone groups is 1. The first-order valence-electron chi connectivity index (χ1n) is 12.4. The van der Waals surface area contributed by atoms with Gasteiger partial charge in [-0.1, -0.05) is 38.7 Å². The van der Waals surface area contributed by atoms with Crippen LogP contribution in [0, 0.1) is 0 Å². The van der Waals surface area contributed by atoms with Gasteiger partial charge in [-0.3, -0.25) is 4.99 Å². The second kappa shape index (κ2) is 20.4. The molecule has 0 aliphatic carbocycles. The SMILES string of the molecule is C=C.C=C(/C=C\C(OC)=C(/C)F)C(C)N=C(/C=C(\C)N1CCOCC1)CS(=O)(=O)C(/C=C\C)=C/C.CC. The monoisotopic (exact) mass is 538 g/mol. The van der Waals surface area contributed by atoms with Gasteiger partial charge in [0.15, 0.2) is 9.84 Å². The third kappa shape index (κ3) is 14.0. The van der Waals surface area contributed by atoms with Gasteiger partial charge in [0, 0.05) is 18.8 Å². The molecule has 1 fully saturated rings. The minimum atomic E-state index is -3.59. The van der Waals surface area contributed by atoms with E-state index in [4.69, 9.17) is 9.47 Å². The number of rotatable bonds is 11. The number of aliphatic imine (C=N–C) groups is 1. The number of ether oxygens (including phenoxy) is 2. The quantitative estimate of drug-likeness (QED) is 0.126. The molecule has 1 saturated heterocycles. The molecule has 37 heavy (non-hydrogen) atoms. The van der Waals surface area contributed by atoms with E-state index in [9.17, 15) is 12.8 Å². The summed E-state index contributed by atoms with van der Waals surface area (Å²) in [6, 6.07) is -0.422. The number of nitrogens with zero attached hydrogens (tertiary/aromatic N) is 2. The molecule has 1 atom stereocenters. The molecule has 1 heterocycles. The molecule has 0 saturated carbocycles. The minimum Gasteiger partial charge on any atom is -0.494 e. The van der Waals surface area contributed by atoms with Crippen LogP contribution in [0.4, 0.5) is 4.39 Å². The van der Waals surface area contributed by atoms with Crippen LogP contribution in [0.15, 0.2) is 88.9 Å². The topological polar surface area (TPSA) is 68.2 Å². The molecule has 210 valence electrons. The molecule has 0 bridgehead atoms. The van der Waals surface area contributed by atoms with Gasteiger partial charge in [0.2, 0.25) is 0 Å². The molecular weight excluding hydrogens is 491 g/mol. The average molecular weight is 539 g/mol. The summed E-state index contributed by atoms with van der Waals surface area (Å²) >= 11 is 0. The zero-order valence-electron chi connectivity index (χ0n) is 24.0. The number of hydrogen-bond donors (Lipinski definition) is 0. The summed E-state index contributed by atoms with van der Waals surface area (Å²) in [6.07, 6.45) is 9.77. The van der Waals surface area contributed by atoms with Crippen molar-refractivity contribution in [3.8, 4) is 0 Å². The predicted molar refractivity (Wildman–Crippen MR) is 157 cm³/mol. The second-order valence-corrected chi connectivity index (χ2v) is 9.63. The second-order valence-electron chi connectivity index (χ2n) is 7.64. The van der Waals surface area contributed by atoms with Crippen molar-refractivity contribution in [1.82, 2.24) is 4.90 Å². The largest absolute Gasteiger partial charge is 0.494 e. The fraction of sp³-hybridized carbons (Fsp3) is 0.483. The molecule has 0 radical (unpaired) electrons. The summed E-state index contributed by atoms with van der Waals surface area (Å²) in [5, 5.41) is 0. The van der Waals surface area contributed by atoms with Gasteiger partial charge < -0.3 is 14.4 Å². The van der Waals surface area contributed by atoms with Crippen LogP contribution in [0.2, 0.25) is 0 Å². The van der Waals surface area contributed by atoms with Gasteiger partial charge in [-0.05, 0) is 58.4 Å². The highest BCUT2D eigenvalue weighted by Crippen LogP contribution is 2.16. The van der Waals surface area contributed by atoms with Gasteiger partial charge in [-0.2, -0.15) is 0 Å². The molecule has 1 rings (SSSR count). The number of hydrogen-bond acceptors (Lipinski definition) is 6. The van der Waals surface area contributed by atoms with Gasteiger partial charge in [0.05, 0.1) is 42.7 Å². The summed E-state index contributed by atoms with van der Waals surface area (Å²) in [6.45, 7) is 25.3. The Labute approximate surface area is 225 Å². The summed E-state index contributed by atoms with van der Waals surface area (Å²) in [7, 11) is -2.20. The normalized spacial score (nSPS) is 16.9. The van der Waals surface area contributed by atoms with E-state index in [1.807, 2.05) is 33.8 Å². The third-order valence-corrected chi connectivity index (χ3v) is 6.87. The third-order valence-electron chi connectivity index (χ3n) is 5.10. The summed E-state index contributed by atoms with van der Waals surface area (Å²) < 4.78 is 49.9. The van der Waals surface area contributed by atoms with Crippen LogP contribution in [0.1, 0.15) is 48.5 Å². The van der Waals surface area contributed by atoms with Crippen LogP contribution in [0.5, 0.6) is 0 Å². The Hall–Kier alpha value is -2.71. The molecule has 1 unspecified atom stereocenters. The van der Waals surface area contributed by atoms with Crippen molar-refractivity contribution in [2.24, 2.45) is 4.99 Å². The Morgan fingerprint density at radius 1 is 1.14 bits per heavy atom. The van der Waals surface area contributed by atoms with Crippen molar-refractivity contribution in [2.75, 3.05) is 39.2 Å². The Kier molecular flexibility index (Phi) is 20.1. The molecule has 0 amide bonds. The summed E-state index contributed by atoms with van der Waals surface area (Å²) in [5.74, 6) is -0.592. The average Bonchev–Trinajstić information content (AvgIpc) is 2.89. The lowest BCUT2D eigenvalue weighted by Crippen LogP contribution is -2.35. The molecule has 1 aliphatic rings. The number of morpholine rings is 1. The van der Waals surface area contributed by atoms with Crippen LogP contribution in [-0.4, -0.2) is 64.2 Å². The van der Waals surface area contributed by atoms with Gasteiger partial charge in [0.1, 0.15) is 11.6 Å². The lowest BCUT2D eigenvalue weighted by molar-refractivity contribution is 0.0538.